The Bertz CT molecular complexity index is 677. The van der Waals surface area contributed by atoms with Crippen LogP contribution in [-0.2, 0) is 6.61 Å². The van der Waals surface area contributed by atoms with Gasteiger partial charge in [-0.1, -0.05) is 19.9 Å². The molecule has 0 saturated carbocycles. The van der Waals surface area contributed by atoms with Crippen LogP contribution in [0.25, 0.3) is 20.9 Å². The molecule has 6 heteroatoms. The highest BCUT2D eigenvalue weighted by molar-refractivity contribution is 7.17. The molecule has 106 valence electrons. The van der Waals surface area contributed by atoms with Gasteiger partial charge in [0.25, 0.3) is 0 Å². The van der Waals surface area contributed by atoms with Crippen molar-refractivity contribution in [3.8, 4) is 10.7 Å². The third kappa shape index (κ3) is 2.67. The molecule has 3 aromatic heterocycles. The fourth-order valence-electron chi connectivity index (χ4n) is 1.81. The molecule has 2 N–H and O–H groups in total. The van der Waals surface area contributed by atoms with E-state index in [0.29, 0.717) is 0 Å². The maximum absolute atomic E-state index is 9.32. The zero-order valence-corrected chi connectivity index (χ0v) is 13.3. The lowest BCUT2D eigenvalue weighted by molar-refractivity contribution is 0.284. The zero-order valence-electron chi connectivity index (χ0n) is 11.7. The van der Waals surface area contributed by atoms with Gasteiger partial charge in [0.2, 0.25) is 0 Å². The zero-order chi connectivity index (χ0) is 14.5. The van der Waals surface area contributed by atoms with Gasteiger partial charge in [-0.05, 0) is 16.8 Å². The van der Waals surface area contributed by atoms with E-state index < -0.39 is 0 Å². The second-order valence-corrected chi connectivity index (χ2v) is 5.53. The third-order valence-electron chi connectivity index (χ3n) is 2.66. The summed E-state index contributed by atoms with van der Waals surface area (Å²) in [6, 6.07) is 3.99. The highest BCUT2D eigenvalue weighted by Gasteiger charge is 2.13. The SMILES string of the molecule is CC.CNc1nc(-c2cccs2)nc2scc(CO)c12. The molecule has 3 heterocycles. The molecular formula is C14H17N3OS2. The number of hydrogen-bond acceptors (Lipinski definition) is 6. The first-order chi connectivity index (χ1) is 9.83. The first kappa shape index (κ1) is 14.9. The summed E-state index contributed by atoms with van der Waals surface area (Å²) in [7, 11) is 1.83. The van der Waals surface area contributed by atoms with Crippen LogP contribution < -0.4 is 5.32 Å². The van der Waals surface area contributed by atoms with E-state index in [1.807, 2.05) is 43.8 Å². The quantitative estimate of drug-likeness (QED) is 0.768. The molecule has 0 aromatic carbocycles. The monoisotopic (exact) mass is 307 g/mol. The second kappa shape index (κ2) is 6.78. The Morgan fingerprint density at radius 3 is 2.65 bits per heavy atom. The van der Waals surface area contributed by atoms with Gasteiger partial charge in [0, 0.05) is 12.6 Å². The van der Waals surface area contributed by atoms with Crippen molar-refractivity contribution in [2.75, 3.05) is 12.4 Å². The lowest BCUT2D eigenvalue weighted by Crippen LogP contribution is -1.98. The second-order valence-electron chi connectivity index (χ2n) is 3.72. The summed E-state index contributed by atoms with van der Waals surface area (Å²) < 4.78 is 0. The van der Waals surface area contributed by atoms with E-state index in [2.05, 4.69) is 15.3 Å². The molecule has 0 spiro atoms. The fourth-order valence-corrected chi connectivity index (χ4v) is 3.40. The predicted molar refractivity (Wildman–Crippen MR) is 87.5 cm³/mol. The summed E-state index contributed by atoms with van der Waals surface area (Å²) in [5, 5.41) is 17.3. The van der Waals surface area contributed by atoms with Crippen molar-refractivity contribution in [1.29, 1.82) is 0 Å². The molecule has 3 aromatic rings. The number of nitrogens with one attached hydrogen (secondary N) is 1. The number of aromatic nitrogens is 2. The number of hydrogen-bond donors (Lipinski definition) is 2. The average Bonchev–Trinajstić information content (AvgIpc) is 3.17. The van der Waals surface area contributed by atoms with Crippen molar-refractivity contribution in [2.45, 2.75) is 20.5 Å². The number of rotatable bonds is 3. The van der Waals surface area contributed by atoms with Crippen molar-refractivity contribution >= 4 is 38.7 Å². The molecule has 0 saturated heterocycles. The van der Waals surface area contributed by atoms with Crippen molar-refractivity contribution in [2.24, 2.45) is 0 Å². The first-order valence-corrected chi connectivity index (χ1v) is 8.20. The molecular weight excluding hydrogens is 290 g/mol. The summed E-state index contributed by atoms with van der Waals surface area (Å²) in [5.41, 5.74) is 0.872. The Balaban J connectivity index is 0.000000704. The van der Waals surface area contributed by atoms with Crippen LogP contribution in [0, 0.1) is 0 Å². The summed E-state index contributed by atoms with van der Waals surface area (Å²) in [6.45, 7) is 4.01. The largest absolute Gasteiger partial charge is 0.392 e. The van der Waals surface area contributed by atoms with Crippen LogP contribution in [0.2, 0.25) is 0 Å². The highest BCUT2D eigenvalue weighted by Crippen LogP contribution is 2.33. The Labute approximate surface area is 126 Å². The Morgan fingerprint density at radius 2 is 2.05 bits per heavy atom. The third-order valence-corrected chi connectivity index (χ3v) is 4.45. The number of nitrogens with zero attached hydrogens (tertiary/aromatic N) is 2. The molecule has 0 atom stereocenters. The van der Waals surface area contributed by atoms with Gasteiger partial charge >= 0.3 is 0 Å². The van der Waals surface area contributed by atoms with Crippen LogP contribution in [0.4, 0.5) is 5.82 Å². The van der Waals surface area contributed by atoms with Crippen molar-refractivity contribution in [3.63, 3.8) is 0 Å². The van der Waals surface area contributed by atoms with Crippen molar-refractivity contribution in [1.82, 2.24) is 9.97 Å². The molecule has 0 fully saturated rings. The van der Waals surface area contributed by atoms with Crippen LogP contribution in [0.15, 0.2) is 22.9 Å². The van der Waals surface area contributed by atoms with Gasteiger partial charge in [-0.25, -0.2) is 9.97 Å². The van der Waals surface area contributed by atoms with E-state index in [9.17, 15) is 5.11 Å². The Hall–Kier alpha value is -1.50. The summed E-state index contributed by atoms with van der Waals surface area (Å²) in [5.74, 6) is 1.50. The first-order valence-electron chi connectivity index (χ1n) is 6.44. The number of anilines is 1. The van der Waals surface area contributed by atoms with E-state index in [1.54, 1.807) is 11.3 Å². The molecule has 0 aliphatic rings. The molecule has 0 bridgehead atoms. The van der Waals surface area contributed by atoms with Gasteiger partial charge in [-0.15, -0.1) is 22.7 Å². The molecule has 0 aliphatic heterocycles. The van der Waals surface area contributed by atoms with Gasteiger partial charge in [-0.3, -0.25) is 0 Å². The minimum Gasteiger partial charge on any atom is -0.392 e. The van der Waals surface area contributed by atoms with Crippen molar-refractivity contribution in [3.05, 3.63) is 28.5 Å². The van der Waals surface area contributed by atoms with Crippen LogP contribution in [0.1, 0.15) is 19.4 Å². The van der Waals surface area contributed by atoms with Crippen LogP contribution in [0.3, 0.4) is 0 Å². The normalized spacial score (nSPS) is 10.2. The van der Waals surface area contributed by atoms with Crippen LogP contribution in [0.5, 0.6) is 0 Å². The standard InChI is InChI=1S/C12H11N3OS2.C2H6/c1-13-11-9-7(5-16)6-18-12(9)15-10(14-11)8-3-2-4-17-8;1-2/h2-4,6,16H,5H2,1H3,(H,13,14,15);1-2H3. The lowest BCUT2D eigenvalue weighted by Gasteiger charge is -2.05. The fraction of sp³-hybridized carbons (Fsp3) is 0.286. The summed E-state index contributed by atoms with van der Waals surface area (Å²) in [6.07, 6.45) is 0. The molecule has 0 aliphatic carbocycles. The van der Waals surface area contributed by atoms with E-state index >= 15 is 0 Å². The number of aliphatic hydroxyl groups excluding tert-OH is 1. The minimum absolute atomic E-state index is 0.0103. The van der Waals surface area contributed by atoms with Gasteiger partial charge in [0.15, 0.2) is 5.82 Å². The predicted octanol–water partition coefficient (Wildman–Crippen LogP) is 3.98. The average molecular weight is 307 g/mol. The van der Waals surface area contributed by atoms with Crippen molar-refractivity contribution < 1.29 is 5.11 Å². The summed E-state index contributed by atoms with van der Waals surface area (Å²) in [4.78, 5) is 11.0. The molecule has 20 heavy (non-hydrogen) atoms. The summed E-state index contributed by atoms with van der Waals surface area (Å²) >= 11 is 3.15. The van der Waals surface area contributed by atoms with Crippen LogP contribution >= 0.6 is 22.7 Å². The van der Waals surface area contributed by atoms with E-state index in [-0.39, 0.29) is 6.61 Å². The number of fused-ring (bicyclic) bond motifs is 1. The smallest absolute Gasteiger partial charge is 0.173 e. The maximum Gasteiger partial charge on any atom is 0.173 e. The topological polar surface area (TPSA) is 58.0 Å². The van der Waals surface area contributed by atoms with E-state index in [4.69, 9.17) is 0 Å². The van der Waals surface area contributed by atoms with E-state index in [0.717, 1.165) is 32.3 Å². The molecule has 4 nitrogen and oxygen atoms in total. The van der Waals surface area contributed by atoms with Crippen LogP contribution in [-0.4, -0.2) is 22.1 Å². The molecule has 0 radical (unpaired) electrons. The van der Waals surface area contributed by atoms with E-state index in [1.165, 1.54) is 11.3 Å². The number of thiophene rings is 2. The molecule has 3 rings (SSSR count). The van der Waals surface area contributed by atoms with Gasteiger partial charge in [0.05, 0.1) is 16.9 Å². The van der Waals surface area contributed by atoms with Gasteiger partial charge in [0.1, 0.15) is 10.6 Å². The molecule has 0 unspecified atom stereocenters. The van der Waals surface area contributed by atoms with Gasteiger partial charge in [-0.2, -0.15) is 0 Å². The Kier molecular flexibility index (Phi) is 5.05. The van der Waals surface area contributed by atoms with Gasteiger partial charge < -0.3 is 10.4 Å². The highest BCUT2D eigenvalue weighted by atomic mass is 32.1. The molecule has 0 amide bonds. The minimum atomic E-state index is 0.0103. The number of aliphatic hydroxyl groups is 1. The lowest BCUT2D eigenvalue weighted by atomic mass is 10.2. The Morgan fingerprint density at radius 1 is 1.25 bits per heavy atom. The maximum atomic E-state index is 9.32.